The maximum Gasteiger partial charge on any atom is 0.335 e. The van der Waals surface area contributed by atoms with Crippen molar-refractivity contribution in [1.29, 1.82) is 0 Å². The Hall–Kier alpha value is -2.69. The van der Waals surface area contributed by atoms with Crippen molar-refractivity contribution in [3.05, 3.63) is 58.4 Å². The van der Waals surface area contributed by atoms with Crippen LogP contribution >= 0.6 is 0 Å². The van der Waals surface area contributed by atoms with Crippen molar-refractivity contribution < 1.29 is 14.7 Å². The summed E-state index contributed by atoms with van der Waals surface area (Å²) in [5, 5.41) is 9.08. The molecule has 0 atom stereocenters. The lowest BCUT2D eigenvalue weighted by Gasteiger charge is -2.30. The third kappa shape index (κ3) is 2.82. The number of anilines is 1. The average Bonchev–Trinajstić information content (AvgIpc) is 2.53. The molecule has 2 heterocycles. The van der Waals surface area contributed by atoms with Gasteiger partial charge in [0.05, 0.1) is 5.56 Å². The minimum atomic E-state index is -1.06. The Morgan fingerprint density at radius 1 is 1.22 bits per heavy atom. The monoisotopic (exact) mass is 310 g/mol. The number of nitrogens with zero attached hydrogens (tertiary/aromatic N) is 2. The smallest absolute Gasteiger partial charge is 0.335 e. The third-order valence-corrected chi connectivity index (χ3v) is 4.16. The summed E-state index contributed by atoms with van der Waals surface area (Å²) in [6.45, 7) is 4.69. The lowest BCUT2D eigenvalue weighted by Crippen LogP contribution is -2.36. The summed E-state index contributed by atoms with van der Waals surface area (Å²) in [5.41, 5.74) is 4.63. The summed E-state index contributed by atoms with van der Waals surface area (Å²) in [6.07, 6.45) is 3.21. The van der Waals surface area contributed by atoms with Gasteiger partial charge in [0.25, 0.3) is 5.91 Å². The Morgan fingerprint density at radius 3 is 2.74 bits per heavy atom. The summed E-state index contributed by atoms with van der Waals surface area (Å²) < 4.78 is 0. The van der Waals surface area contributed by atoms with Gasteiger partial charge in [0.15, 0.2) is 0 Å². The molecule has 1 aliphatic rings. The second-order valence-corrected chi connectivity index (χ2v) is 5.87. The molecule has 0 spiro atoms. The van der Waals surface area contributed by atoms with Gasteiger partial charge in [-0.1, -0.05) is 6.07 Å². The van der Waals surface area contributed by atoms with Crippen molar-refractivity contribution in [3.8, 4) is 0 Å². The Balaban J connectivity index is 2.02. The number of hydrogen-bond acceptors (Lipinski definition) is 3. The summed E-state index contributed by atoms with van der Waals surface area (Å²) in [5.74, 6) is -1.31. The molecule has 0 aliphatic carbocycles. The summed E-state index contributed by atoms with van der Waals surface area (Å²) >= 11 is 0. The van der Waals surface area contributed by atoms with Crippen molar-refractivity contribution in [3.63, 3.8) is 0 Å². The van der Waals surface area contributed by atoms with Crippen LogP contribution in [0.15, 0.2) is 30.5 Å². The van der Waals surface area contributed by atoms with Gasteiger partial charge in [-0.15, -0.1) is 0 Å². The number of carboxylic acids is 1. The van der Waals surface area contributed by atoms with Gasteiger partial charge in [-0.3, -0.25) is 9.78 Å². The van der Waals surface area contributed by atoms with Crippen LogP contribution in [-0.4, -0.2) is 28.5 Å². The molecule has 0 radical (unpaired) electrons. The number of fused-ring (bicyclic) bond motifs is 1. The van der Waals surface area contributed by atoms with Crippen molar-refractivity contribution in [2.75, 3.05) is 11.4 Å². The van der Waals surface area contributed by atoms with Crippen LogP contribution in [0.25, 0.3) is 0 Å². The van der Waals surface area contributed by atoms with Gasteiger partial charge in [-0.25, -0.2) is 4.79 Å². The average molecular weight is 310 g/mol. The van der Waals surface area contributed by atoms with Crippen LogP contribution in [0.4, 0.5) is 5.69 Å². The Bertz CT molecular complexity index is 799. The molecule has 118 valence electrons. The molecule has 0 saturated carbocycles. The number of benzene rings is 1. The van der Waals surface area contributed by atoms with Crippen molar-refractivity contribution in [2.24, 2.45) is 0 Å². The summed E-state index contributed by atoms with van der Waals surface area (Å²) in [7, 11) is 0. The Labute approximate surface area is 134 Å². The zero-order valence-electron chi connectivity index (χ0n) is 13.2. The first-order chi connectivity index (χ1) is 11.0. The van der Waals surface area contributed by atoms with E-state index in [-0.39, 0.29) is 17.2 Å². The van der Waals surface area contributed by atoms with Crippen molar-refractivity contribution in [1.82, 2.24) is 4.98 Å². The Kier molecular flexibility index (Phi) is 3.86. The van der Waals surface area contributed by atoms with E-state index in [1.807, 2.05) is 13.0 Å². The van der Waals surface area contributed by atoms with Crippen LogP contribution in [0.3, 0.4) is 0 Å². The van der Waals surface area contributed by atoms with Crippen LogP contribution in [0.2, 0.25) is 0 Å². The lowest BCUT2D eigenvalue weighted by atomic mass is 9.95. The van der Waals surface area contributed by atoms with E-state index in [9.17, 15) is 9.59 Å². The van der Waals surface area contributed by atoms with Crippen LogP contribution in [0, 0.1) is 13.8 Å². The van der Waals surface area contributed by atoms with Gasteiger partial charge < -0.3 is 10.0 Å². The molecule has 23 heavy (non-hydrogen) atoms. The highest BCUT2D eigenvalue weighted by Gasteiger charge is 2.26. The molecule has 1 aromatic heterocycles. The SMILES string of the molecule is Cc1cc(C)c2c(c1)N(C(=O)c1cc(C(=O)O)ccn1)CCC2. The minimum Gasteiger partial charge on any atom is -0.478 e. The van der Waals surface area contributed by atoms with E-state index in [0.717, 1.165) is 24.1 Å². The fraction of sp³-hybridized carbons (Fsp3) is 0.278. The van der Waals surface area contributed by atoms with Gasteiger partial charge in [0.2, 0.25) is 0 Å². The van der Waals surface area contributed by atoms with Crippen molar-refractivity contribution >= 4 is 17.6 Å². The normalized spacial score (nSPS) is 13.6. The fourth-order valence-corrected chi connectivity index (χ4v) is 3.11. The van der Waals surface area contributed by atoms with E-state index in [1.165, 1.54) is 29.5 Å². The maximum absolute atomic E-state index is 12.8. The second-order valence-electron chi connectivity index (χ2n) is 5.87. The zero-order valence-corrected chi connectivity index (χ0v) is 13.2. The first-order valence-corrected chi connectivity index (χ1v) is 7.58. The van der Waals surface area contributed by atoms with E-state index >= 15 is 0 Å². The van der Waals surface area contributed by atoms with Gasteiger partial charge >= 0.3 is 5.97 Å². The molecule has 1 aromatic carbocycles. The highest BCUT2D eigenvalue weighted by Crippen LogP contribution is 2.32. The minimum absolute atomic E-state index is 0.0704. The van der Waals surface area contributed by atoms with Gasteiger partial charge in [-0.2, -0.15) is 0 Å². The Morgan fingerprint density at radius 2 is 2.00 bits per heavy atom. The highest BCUT2D eigenvalue weighted by atomic mass is 16.4. The molecule has 0 fully saturated rings. The zero-order chi connectivity index (χ0) is 16.6. The lowest BCUT2D eigenvalue weighted by molar-refractivity contribution is 0.0696. The van der Waals surface area contributed by atoms with Gasteiger partial charge in [0, 0.05) is 18.4 Å². The number of carbonyl (C=O) groups excluding carboxylic acids is 1. The summed E-state index contributed by atoms with van der Waals surface area (Å²) in [4.78, 5) is 29.7. The largest absolute Gasteiger partial charge is 0.478 e. The fourth-order valence-electron chi connectivity index (χ4n) is 3.11. The first-order valence-electron chi connectivity index (χ1n) is 7.58. The van der Waals surface area contributed by atoms with Crippen LogP contribution in [-0.2, 0) is 6.42 Å². The van der Waals surface area contributed by atoms with Gasteiger partial charge in [0.1, 0.15) is 5.69 Å². The number of rotatable bonds is 2. The number of amides is 1. The predicted molar refractivity (Wildman–Crippen MR) is 87.1 cm³/mol. The highest BCUT2D eigenvalue weighted by molar-refractivity contribution is 6.06. The molecule has 0 unspecified atom stereocenters. The van der Waals surface area contributed by atoms with E-state index in [0.29, 0.717) is 6.54 Å². The van der Waals surface area contributed by atoms with E-state index in [2.05, 4.69) is 18.0 Å². The molecule has 1 amide bonds. The van der Waals surface area contributed by atoms with Crippen LogP contribution in [0.1, 0.15) is 44.0 Å². The number of carboxylic acid groups (broad SMARTS) is 1. The number of carbonyl (C=O) groups is 2. The molecule has 1 aliphatic heterocycles. The standard InChI is InChI=1S/C18H18N2O3/c1-11-8-12(2)14-4-3-7-20(16(14)9-11)17(21)15-10-13(18(22)23)5-6-19-15/h5-6,8-10H,3-4,7H2,1-2H3,(H,22,23). The molecular weight excluding hydrogens is 292 g/mol. The van der Waals surface area contributed by atoms with Crippen LogP contribution < -0.4 is 4.90 Å². The predicted octanol–water partition coefficient (Wildman–Crippen LogP) is 2.99. The number of hydrogen-bond donors (Lipinski definition) is 1. The van der Waals surface area contributed by atoms with E-state index in [4.69, 9.17) is 5.11 Å². The first kappa shape index (κ1) is 15.2. The number of pyridine rings is 1. The molecule has 0 bridgehead atoms. The van der Waals surface area contributed by atoms with Crippen LogP contribution in [0.5, 0.6) is 0 Å². The molecule has 5 heteroatoms. The third-order valence-electron chi connectivity index (χ3n) is 4.16. The number of aromatic carboxylic acids is 1. The maximum atomic E-state index is 12.8. The topological polar surface area (TPSA) is 70.5 Å². The molecule has 1 N–H and O–H groups in total. The quantitative estimate of drug-likeness (QED) is 0.925. The molecule has 3 rings (SSSR count). The molecule has 2 aromatic rings. The molecular formula is C18H18N2O3. The van der Waals surface area contributed by atoms with E-state index in [1.54, 1.807) is 4.90 Å². The molecule has 5 nitrogen and oxygen atoms in total. The van der Waals surface area contributed by atoms with E-state index < -0.39 is 5.97 Å². The molecule has 0 saturated heterocycles. The van der Waals surface area contributed by atoms with Crippen molar-refractivity contribution in [2.45, 2.75) is 26.7 Å². The number of aryl methyl sites for hydroxylation is 2. The second kappa shape index (κ2) is 5.83. The van der Waals surface area contributed by atoms with Gasteiger partial charge in [-0.05, 0) is 61.6 Å². The summed E-state index contributed by atoms with van der Waals surface area (Å²) in [6, 6.07) is 6.86. The number of aromatic nitrogens is 1.